The van der Waals surface area contributed by atoms with E-state index in [2.05, 4.69) is 28.5 Å². The van der Waals surface area contributed by atoms with Gasteiger partial charge in [0.2, 0.25) is 5.91 Å². The fourth-order valence-corrected chi connectivity index (χ4v) is 4.41. The molecule has 7 heteroatoms. The number of thioether (sulfide) groups is 1. The first-order valence-corrected chi connectivity index (χ1v) is 11.2. The summed E-state index contributed by atoms with van der Waals surface area (Å²) in [6.07, 6.45) is 0.199. The van der Waals surface area contributed by atoms with E-state index in [-0.39, 0.29) is 24.4 Å². The van der Waals surface area contributed by atoms with Crippen LogP contribution in [-0.2, 0) is 23.6 Å². The van der Waals surface area contributed by atoms with Crippen molar-refractivity contribution in [2.45, 2.75) is 25.3 Å². The highest BCUT2D eigenvalue weighted by Crippen LogP contribution is 2.35. The largest absolute Gasteiger partial charge is 0.478 e. The average molecular weight is 446 g/mol. The summed E-state index contributed by atoms with van der Waals surface area (Å²) in [5.41, 5.74) is 12.0. The molecule has 6 nitrogen and oxygen atoms in total. The third-order valence-corrected chi connectivity index (χ3v) is 6.24. The van der Waals surface area contributed by atoms with Gasteiger partial charge in [-0.1, -0.05) is 42.5 Å². The summed E-state index contributed by atoms with van der Waals surface area (Å²) < 4.78 is 0. The van der Waals surface area contributed by atoms with Gasteiger partial charge in [-0.05, 0) is 52.1 Å². The smallest absolute Gasteiger partial charge is 0.335 e. The molecule has 0 aromatic heterocycles. The number of benzene rings is 3. The first-order valence-electron chi connectivity index (χ1n) is 10.2. The fraction of sp³-hybridized carbons (Fsp3) is 0.160. The number of aliphatic imine (C=N–C) groups is 1. The third kappa shape index (κ3) is 5.25. The van der Waals surface area contributed by atoms with Crippen LogP contribution in [0.5, 0.6) is 0 Å². The molecular formula is C25H23N3O3S. The van der Waals surface area contributed by atoms with E-state index < -0.39 is 5.97 Å². The van der Waals surface area contributed by atoms with Crippen LogP contribution in [-0.4, -0.2) is 22.0 Å². The Kier molecular flexibility index (Phi) is 6.68. The van der Waals surface area contributed by atoms with Crippen LogP contribution < -0.4 is 11.1 Å². The number of fused-ring (bicyclic) bond motifs is 1. The van der Waals surface area contributed by atoms with Gasteiger partial charge < -0.3 is 16.2 Å². The molecule has 4 N–H and O–H groups in total. The normalized spacial score (nSPS) is 12.6. The molecular weight excluding hydrogens is 422 g/mol. The van der Waals surface area contributed by atoms with Crippen LogP contribution in [0.3, 0.4) is 0 Å². The van der Waals surface area contributed by atoms with Crippen molar-refractivity contribution in [3.8, 4) is 11.1 Å². The van der Waals surface area contributed by atoms with Crippen molar-refractivity contribution >= 4 is 34.4 Å². The second kappa shape index (κ2) is 9.80. The van der Waals surface area contributed by atoms with E-state index in [4.69, 9.17) is 10.8 Å². The van der Waals surface area contributed by atoms with E-state index in [9.17, 15) is 9.59 Å². The number of amides is 1. The van der Waals surface area contributed by atoms with Crippen molar-refractivity contribution in [1.29, 1.82) is 0 Å². The predicted octanol–water partition coefficient (Wildman–Crippen LogP) is 4.49. The van der Waals surface area contributed by atoms with Crippen LogP contribution in [0.1, 0.15) is 33.5 Å². The summed E-state index contributed by atoms with van der Waals surface area (Å²) in [7, 11) is 0. The molecule has 0 atom stereocenters. The van der Waals surface area contributed by atoms with E-state index in [0.717, 1.165) is 44.3 Å². The van der Waals surface area contributed by atoms with Gasteiger partial charge in [0.1, 0.15) is 0 Å². The molecule has 0 saturated carbocycles. The average Bonchev–Trinajstić information content (AvgIpc) is 2.82. The highest BCUT2D eigenvalue weighted by molar-refractivity contribution is 8.13. The van der Waals surface area contributed by atoms with E-state index in [1.165, 1.54) is 6.07 Å². The molecule has 0 bridgehead atoms. The fourth-order valence-electron chi connectivity index (χ4n) is 3.46. The van der Waals surface area contributed by atoms with Crippen LogP contribution >= 0.6 is 11.8 Å². The number of aromatic carboxylic acids is 1. The lowest BCUT2D eigenvalue weighted by Gasteiger charge is -2.16. The number of nitrogens with two attached hydrogens (primary N) is 1. The summed E-state index contributed by atoms with van der Waals surface area (Å²) in [5.74, 6) is -0.367. The molecule has 3 aromatic carbocycles. The lowest BCUT2D eigenvalue weighted by molar-refractivity contribution is -0.120. The van der Waals surface area contributed by atoms with Gasteiger partial charge in [-0.3, -0.25) is 4.79 Å². The molecule has 32 heavy (non-hydrogen) atoms. The molecule has 0 unspecified atom stereocenters. The SMILES string of the molecule is NCc1ccc(-c2ccc3c(c2)CSC(CC(=O)NCc2cccc(C(=O)O)c2)=N3)cc1. The number of hydrogen-bond donors (Lipinski definition) is 3. The summed E-state index contributed by atoms with van der Waals surface area (Å²) in [6.45, 7) is 0.807. The highest BCUT2D eigenvalue weighted by Gasteiger charge is 2.16. The Morgan fingerprint density at radius 3 is 2.53 bits per heavy atom. The van der Waals surface area contributed by atoms with E-state index >= 15 is 0 Å². The first-order chi connectivity index (χ1) is 15.5. The second-order valence-corrected chi connectivity index (χ2v) is 8.55. The Morgan fingerprint density at radius 1 is 1.00 bits per heavy atom. The molecule has 0 aliphatic carbocycles. The van der Waals surface area contributed by atoms with Crippen molar-refractivity contribution < 1.29 is 14.7 Å². The Balaban J connectivity index is 1.39. The minimum atomic E-state index is -0.986. The zero-order chi connectivity index (χ0) is 22.5. The summed E-state index contributed by atoms with van der Waals surface area (Å²) in [6, 6.07) is 21.0. The summed E-state index contributed by atoms with van der Waals surface area (Å²) >= 11 is 1.57. The van der Waals surface area contributed by atoms with Gasteiger partial charge in [-0.15, -0.1) is 11.8 Å². The molecule has 1 amide bonds. The summed E-state index contributed by atoms with van der Waals surface area (Å²) in [5, 5.41) is 12.7. The minimum absolute atomic E-state index is 0.142. The number of carbonyl (C=O) groups is 2. The quantitative estimate of drug-likeness (QED) is 0.497. The first kappa shape index (κ1) is 21.8. The lowest BCUT2D eigenvalue weighted by Crippen LogP contribution is -2.25. The van der Waals surface area contributed by atoms with Crippen LogP contribution in [0.25, 0.3) is 11.1 Å². The Labute approximate surface area is 190 Å². The number of carboxylic acids is 1. The summed E-state index contributed by atoms with van der Waals surface area (Å²) in [4.78, 5) is 28.1. The number of nitrogens with zero attached hydrogens (tertiary/aromatic N) is 1. The van der Waals surface area contributed by atoms with Gasteiger partial charge in [0.05, 0.1) is 22.7 Å². The molecule has 162 valence electrons. The van der Waals surface area contributed by atoms with Gasteiger partial charge >= 0.3 is 5.97 Å². The maximum atomic E-state index is 12.4. The molecule has 1 heterocycles. The monoisotopic (exact) mass is 445 g/mol. The Hall–Kier alpha value is -3.42. The van der Waals surface area contributed by atoms with Gasteiger partial charge in [0, 0.05) is 18.8 Å². The van der Waals surface area contributed by atoms with Crippen LogP contribution in [0, 0.1) is 0 Å². The molecule has 4 rings (SSSR count). The van der Waals surface area contributed by atoms with E-state index in [0.29, 0.717) is 6.54 Å². The predicted molar refractivity (Wildman–Crippen MR) is 128 cm³/mol. The van der Waals surface area contributed by atoms with Gasteiger partial charge in [-0.2, -0.15) is 0 Å². The minimum Gasteiger partial charge on any atom is -0.478 e. The second-order valence-electron chi connectivity index (χ2n) is 7.50. The third-order valence-electron chi connectivity index (χ3n) is 5.22. The molecule has 3 aromatic rings. The van der Waals surface area contributed by atoms with Crippen molar-refractivity contribution in [3.05, 3.63) is 89.0 Å². The van der Waals surface area contributed by atoms with Gasteiger partial charge in [0.25, 0.3) is 0 Å². The molecule has 0 fully saturated rings. The molecule has 0 radical (unpaired) electrons. The van der Waals surface area contributed by atoms with Gasteiger partial charge in [-0.25, -0.2) is 9.79 Å². The zero-order valence-electron chi connectivity index (χ0n) is 17.4. The molecule has 1 aliphatic heterocycles. The van der Waals surface area contributed by atoms with Crippen molar-refractivity contribution in [1.82, 2.24) is 5.32 Å². The van der Waals surface area contributed by atoms with Crippen LogP contribution in [0.15, 0.2) is 71.7 Å². The molecule has 1 aliphatic rings. The highest BCUT2D eigenvalue weighted by atomic mass is 32.2. The Bertz CT molecular complexity index is 1190. The maximum absolute atomic E-state index is 12.4. The van der Waals surface area contributed by atoms with Crippen molar-refractivity contribution in [2.75, 3.05) is 0 Å². The standard InChI is InChI=1S/C25H23N3O3S/c26-13-16-4-6-18(7-5-16)19-8-9-22-21(11-19)15-32-24(28-22)12-23(29)27-14-17-2-1-3-20(10-17)25(30)31/h1-11H,12-15,26H2,(H,27,29)(H,30,31). The van der Waals surface area contributed by atoms with Crippen molar-refractivity contribution in [2.24, 2.45) is 10.7 Å². The van der Waals surface area contributed by atoms with Crippen LogP contribution in [0.4, 0.5) is 5.69 Å². The number of rotatable bonds is 7. The Morgan fingerprint density at radius 2 is 1.78 bits per heavy atom. The topological polar surface area (TPSA) is 105 Å². The van der Waals surface area contributed by atoms with Gasteiger partial charge in [0.15, 0.2) is 0 Å². The maximum Gasteiger partial charge on any atom is 0.335 e. The van der Waals surface area contributed by atoms with E-state index in [1.54, 1.807) is 30.0 Å². The van der Waals surface area contributed by atoms with E-state index in [1.807, 2.05) is 24.3 Å². The molecule has 0 saturated heterocycles. The zero-order valence-corrected chi connectivity index (χ0v) is 18.2. The number of carbonyl (C=O) groups excluding carboxylic acids is 1. The lowest BCUT2D eigenvalue weighted by atomic mass is 10.0. The number of nitrogens with one attached hydrogen (secondary N) is 1. The number of carboxylic acid groups (broad SMARTS) is 1. The number of hydrogen-bond acceptors (Lipinski definition) is 5. The molecule has 0 spiro atoms. The van der Waals surface area contributed by atoms with Crippen LogP contribution in [0.2, 0.25) is 0 Å². The van der Waals surface area contributed by atoms with Crippen molar-refractivity contribution in [3.63, 3.8) is 0 Å².